The normalized spacial score (nSPS) is 23.4. The third-order valence-corrected chi connectivity index (χ3v) is 4.98. The van der Waals surface area contributed by atoms with E-state index in [0.717, 1.165) is 11.3 Å². The lowest BCUT2D eigenvalue weighted by Gasteiger charge is -2.12. The Morgan fingerprint density at radius 1 is 1.17 bits per heavy atom. The van der Waals surface area contributed by atoms with Crippen molar-refractivity contribution in [3.63, 3.8) is 0 Å². The van der Waals surface area contributed by atoms with Crippen molar-refractivity contribution in [3.05, 3.63) is 35.9 Å². The van der Waals surface area contributed by atoms with Crippen LogP contribution in [0.4, 0.5) is 0 Å². The summed E-state index contributed by atoms with van der Waals surface area (Å²) in [7, 11) is 0. The molecule has 2 atom stereocenters. The summed E-state index contributed by atoms with van der Waals surface area (Å²) < 4.78 is 0. The van der Waals surface area contributed by atoms with Crippen LogP contribution in [0.3, 0.4) is 0 Å². The number of rotatable bonds is 7. The van der Waals surface area contributed by atoms with Gasteiger partial charge in [0.25, 0.3) is 0 Å². The molecule has 1 aromatic rings. The van der Waals surface area contributed by atoms with Gasteiger partial charge in [-0.1, -0.05) is 30.3 Å². The quantitative estimate of drug-likeness (QED) is 0.749. The Balaban J connectivity index is 1.52. The fourth-order valence-corrected chi connectivity index (χ4v) is 3.54. The molecular formula is C16H25NS. The molecule has 1 fully saturated rings. The Hall–Kier alpha value is -0.470. The maximum atomic E-state index is 3.72. The highest BCUT2D eigenvalue weighted by Gasteiger charge is 2.22. The maximum absolute atomic E-state index is 3.72. The Morgan fingerprint density at radius 3 is 2.72 bits per heavy atom. The van der Waals surface area contributed by atoms with Crippen LogP contribution in [0.1, 0.15) is 37.7 Å². The highest BCUT2D eigenvalue weighted by Crippen LogP contribution is 2.28. The van der Waals surface area contributed by atoms with E-state index < -0.39 is 0 Å². The first-order chi connectivity index (χ1) is 8.88. The molecule has 0 aliphatic heterocycles. The van der Waals surface area contributed by atoms with Crippen LogP contribution < -0.4 is 5.32 Å². The highest BCUT2D eigenvalue weighted by molar-refractivity contribution is 7.99. The number of benzene rings is 1. The maximum Gasteiger partial charge on any atom is 0.00779 e. The minimum atomic E-state index is 0.791. The molecule has 1 aliphatic rings. The zero-order chi connectivity index (χ0) is 12.6. The van der Waals surface area contributed by atoms with Crippen molar-refractivity contribution in [3.8, 4) is 0 Å². The summed E-state index contributed by atoms with van der Waals surface area (Å²) in [6, 6.07) is 11.6. The lowest BCUT2D eigenvalue weighted by Crippen LogP contribution is -2.27. The van der Waals surface area contributed by atoms with Crippen molar-refractivity contribution in [1.82, 2.24) is 5.32 Å². The molecule has 0 saturated heterocycles. The van der Waals surface area contributed by atoms with Crippen molar-refractivity contribution in [2.24, 2.45) is 0 Å². The first-order valence-electron chi connectivity index (χ1n) is 7.18. The van der Waals surface area contributed by atoms with Gasteiger partial charge in [-0.15, -0.1) is 0 Å². The Bertz CT molecular complexity index is 325. The first kappa shape index (κ1) is 14.0. The SMILES string of the molecule is CSC1CCC(NCCCCc2ccccc2)C1. The molecule has 18 heavy (non-hydrogen) atoms. The molecule has 1 aromatic carbocycles. The zero-order valence-electron chi connectivity index (χ0n) is 11.4. The number of unbranched alkanes of at least 4 members (excludes halogenated alkanes) is 1. The minimum absolute atomic E-state index is 0.791. The summed E-state index contributed by atoms with van der Waals surface area (Å²) >= 11 is 2.04. The van der Waals surface area contributed by atoms with Gasteiger partial charge in [0.05, 0.1) is 0 Å². The molecule has 0 aromatic heterocycles. The molecule has 0 radical (unpaired) electrons. The predicted molar refractivity (Wildman–Crippen MR) is 82.3 cm³/mol. The van der Waals surface area contributed by atoms with Crippen molar-refractivity contribution < 1.29 is 0 Å². The van der Waals surface area contributed by atoms with Gasteiger partial charge in [0.15, 0.2) is 0 Å². The average Bonchev–Trinajstić information content (AvgIpc) is 2.87. The number of hydrogen-bond acceptors (Lipinski definition) is 2. The van der Waals surface area contributed by atoms with Crippen LogP contribution in [0, 0.1) is 0 Å². The molecule has 2 rings (SSSR count). The van der Waals surface area contributed by atoms with Crippen LogP contribution in [0.15, 0.2) is 30.3 Å². The van der Waals surface area contributed by atoms with Gasteiger partial charge in [-0.2, -0.15) is 11.8 Å². The number of nitrogens with one attached hydrogen (secondary N) is 1. The second kappa shape index (κ2) is 7.85. The molecule has 2 heteroatoms. The molecule has 2 unspecified atom stereocenters. The summed E-state index contributed by atoms with van der Waals surface area (Å²) in [4.78, 5) is 0. The van der Waals surface area contributed by atoms with Crippen LogP contribution in [-0.4, -0.2) is 24.1 Å². The topological polar surface area (TPSA) is 12.0 Å². The molecule has 1 aliphatic carbocycles. The van der Waals surface area contributed by atoms with E-state index in [9.17, 15) is 0 Å². The van der Waals surface area contributed by atoms with Crippen LogP contribution in [-0.2, 0) is 6.42 Å². The molecule has 1 saturated carbocycles. The second-order valence-corrected chi connectivity index (χ2v) is 6.40. The second-order valence-electron chi connectivity index (χ2n) is 5.26. The highest BCUT2D eigenvalue weighted by atomic mass is 32.2. The van der Waals surface area contributed by atoms with Gasteiger partial charge < -0.3 is 5.32 Å². The van der Waals surface area contributed by atoms with Crippen molar-refractivity contribution in [2.45, 2.75) is 49.8 Å². The summed E-state index contributed by atoms with van der Waals surface area (Å²) in [5.74, 6) is 0. The van der Waals surface area contributed by atoms with Crippen molar-refractivity contribution in [2.75, 3.05) is 12.8 Å². The lowest BCUT2D eigenvalue weighted by molar-refractivity contribution is 0.508. The van der Waals surface area contributed by atoms with E-state index in [1.54, 1.807) is 0 Å². The molecule has 0 bridgehead atoms. The Labute approximate surface area is 116 Å². The largest absolute Gasteiger partial charge is 0.314 e. The zero-order valence-corrected chi connectivity index (χ0v) is 12.2. The summed E-state index contributed by atoms with van der Waals surface area (Å²) in [5, 5.41) is 4.63. The molecule has 1 N–H and O–H groups in total. The summed E-state index contributed by atoms with van der Waals surface area (Å²) in [5.41, 5.74) is 1.47. The van der Waals surface area contributed by atoms with Crippen LogP contribution in [0.5, 0.6) is 0 Å². The van der Waals surface area contributed by atoms with Gasteiger partial charge in [-0.05, 0) is 56.9 Å². The Kier molecular flexibility index (Phi) is 6.09. The van der Waals surface area contributed by atoms with E-state index in [1.807, 2.05) is 11.8 Å². The van der Waals surface area contributed by atoms with E-state index >= 15 is 0 Å². The van der Waals surface area contributed by atoms with E-state index in [0.29, 0.717) is 0 Å². The number of aryl methyl sites for hydroxylation is 1. The van der Waals surface area contributed by atoms with Crippen LogP contribution >= 0.6 is 11.8 Å². The van der Waals surface area contributed by atoms with Crippen molar-refractivity contribution in [1.29, 1.82) is 0 Å². The average molecular weight is 263 g/mol. The predicted octanol–water partition coefficient (Wildman–Crippen LogP) is 3.88. The fraction of sp³-hybridized carbons (Fsp3) is 0.625. The van der Waals surface area contributed by atoms with E-state index in [4.69, 9.17) is 0 Å². The molecule has 0 amide bonds. The molecule has 100 valence electrons. The smallest absolute Gasteiger partial charge is 0.00779 e. The molecule has 0 spiro atoms. The third-order valence-electron chi connectivity index (χ3n) is 3.89. The van der Waals surface area contributed by atoms with Gasteiger partial charge in [0, 0.05) is 11.3 Å². The number of thioether (sulfide) groups is 1. The van der Waals surface area contributed by atoms with Gasteiger partial charge in [0.2, 0.25) is 0 Å². The third kappa shape index (κ3) is 4.66. The Morgan fingerprint density at radius 2 is 2.00 bits per heavy atom. The monoisotopic (exact) mass is 263 g/mol. The van der Waals surface area contributed by atoms with Gasteiger partial charge in [0.1, 0.15) is 0 Å². The van der Waals surface area contributed by atoms with E-state index in [1.165, 1.54) is 50.6 Å². The van der Waals surface area contributed by atoms with Crippen LogP contribution in [0.2, 0.25) is 0 Å². The molecular weight excluding hydrogens is 238 g/mol. The van der Waals surface area contributed by atoms with Gasteiger partial charge >= 0.3 is 0 Å². The van der Waals surface area contributed by atoms with Gasteiger partial charge in [-0.25, -0.2) is 0 Å². The summed E-state index contributed by atoms with van der Waals surface area (Å²) in [6.07, 6.45) is 10.2. The lowest BCUT2D eigenvalue weighted by atomic mass is 10.1. The van der Waals surface area contributed by atoms with E-state index in [2.05, 4.69) is 41.9 Å². The fourth-order valence-electron chi connectivity index (χ4n) is 2.74. The van der Waals surface area contributed by atoms with Gasteiger partial charge in [-0.3, -0.25) is 0 Å². The van der Waals surface area contributed by atoms with Crippen molar-refractivity contribution >= 4 is 11.8 Å². The standard InChI is InChI=1S/C16H25NS/c1-18-16-11-10-15(13-16)17-12-6-5-9-14-7-3-2-4-8-14/h2-4,7-8,15-17H,5-6,9-13H2,1H3. The first-order valence-corrected chi connectivity index (χ1v) is 8.47. The molecule has 1 nitrogen and oxygen atoms in total. The minimum Gasteiger partial charge on any atom is -0.314 e. The summed E-state index contributed by atoms with van der Waals surface area (Å²) in [6.45, 7) is 1.19. The number of hydrogen-bond donors (Lipinski definition) is 1. The van der Waals surface area contributed by atoms with E-state index in [-0.39, 0.29) is 0 Å². The van der Waals surface area contributed by atoms with Crippen LogP contribution in [0.25, 0.3) is 0 Å². The molecule has 0 heterocycles.